The molecule has 6 heteroatoms. The molecule has 1 aliphatic rings. The van der Waals surface area contributed by atoms with E-state index in [9.17, 15) is 4.79 Å². The van der Waals surface area contributed by atoms with Crippen molar-refractivity contribution in [2.75, 3.05) is 5.32 Å². The zero-order valence-electron chi connectivity index (χ0n) is 14.0. The molecule has 0 aliphatic heterocycles. The third kappa shape index (κ3) is 3.63. The van der Waals surface area contributed by atoms with E-state index in [1.165, 1.54) is 25.7 Å². The predicted molar refractivity (Wildman–Crippen MR) is 95.7 cm³/mol. The van der Waals surface area contributed by atoms with Crippen molar-refractivity contribution in [2.45, 2.75) is 38.0 Å². The van der Waals surface area contributed by atoms with E-state index in [0.717, 1.165) is 16.9 Å². The van der Waals surface area contributed by atoms with Gasteiger partial charge in [-0.1, -0.05) is 31.0 Å². The second-order valence-electron chi connectivity index (χ2n) is 6.54. The number of carbonyl (C=O) groups excluding carboxylic acids is 1. The summed E-state index contributed by atoms with van der Waals surface area (Å²) in [6.07, 6.45) is 8.83. The van der Waals surface area contributed by atoms with Crippen molar-refractivity contribution in [1.29, 1.82) is 0 Å². The second kappa shape index (κ2) is 6.93. The van der Waals surface area contributed by atoms with Gasteiger partial charge in [-0.3, -0.25) is 9.89 Å². The minimum Gasteiger partial charge on any atom is -0.309 e. The minimum atomic E-state index is -0.0860. The van der Waals surface area contributed by atoms with Crippen LogP contribution in [-0.4, -0.2) is 25.9 Å². The molecule has 6 nitrogen and oxygen atoms in total. The number of anilines is 1. The van der Waals surface area contributed by atoms with E-state index in [1.807, 2.05) is 42.6 Å². The molecular weight excluding hydrogens is 314 g/mol. The van der Waals surface area contributed by atoms with Crippen LogP contribution in [0.25, 0.3) is 5.69 Å². The maximum Gasteiger partial charge on any atom is 0.230 e. The van der Waals surface area contributed by atoms with Crippen molar-refractivity contribution in [3.63, 3.8) is 0 Å². The molecule has 1 aliphatic carbocycles. The standard InChI is InChI=1S/C19H21N5O/c25-19(21-18-11-17(22-23-18)15-6-4-5-7-15)10-14-12-20-24(13-14)16-8-2-1-3-9-16/h1-3,8-9,11-13,15H,4-7,10H2,(H2,21,22,23,25). The summed E-state index contributed by atoms with van der Waals surface area (Å²) in [5.74, 6) is 1.07. The largest absolute Gasteiger partial charge is 0.309 e. The fourth-order valence-corrected chi connectivity index (χ4v) is 3.39. The van der Waals surface area contributed by atoms with Gasteiger partial charge >= 0.3 is 0 Å². The molecule has 0 atom stereocenters. The number of para-hydroxylation sites is 1. The summed E-state index contributed by atoms with van der Waals surface area (Å²) in [7, 11) is 0. The molecule has 1 amide bonds. The van der Waals surface area contributed by atoms with Gasteiger partial charge in [0, 0.05) is 23.9 Å². The SMILES string of the molecule is O=C(Cc1cnn(-c2ccccc2)c1)Nc1cc(C2CCCC2)[nH]n1. The molecule has 4 rings (SSSR count). The Morgan fingerprint density at radius 3 is 2.84 bits per heavy atom. The summed E-state index contributed by atoms with van der Waals surface area (Å²) in [4.78, 5) is 12.3. The number of amides is 1. The van der Waals surface area contributed by atoms with Gasteiger partial charge in [-0.15, -0.1) is 0 Å². The molecule has 2 N–H and O–H groups in total. The van der Waals surface area contributed by atoms with Gasteiger partial charge in [0.05, 0.1) is 18.3 Å². The van der Waals surface area contributed by atoms with Gasteiger partial charge in [-0.25, -0.2) is 4.68 Å². The van der Waals surface area contributed by atoms with Crippen LogP contribution in [0, 0.1) is 0 Å². The monoisotopic (exact) mass is 335 g/mol. The van der Waals surface area contributed by atoms with E-state index in [2.05, 4.69) is 20.6 Å². The molecule has 0 saturated heterocycles. The van der Waals surface area contributed by atoms with E-state index in [0.29, 0.717) is 11.7 Å². The smallest absolute Gasteiger partial charge is 0.230 e. The Hall–Kier alpha value is -2.89. The average Bonchev–Trinajstić information content (AvgIpc) is 3.37. The number of aromatic amines is 1. The summed E-state index contributed by atoms with van der Waals surface area (Å²) < 4.78 is 1.77. The molecule has 25 heavy (non-hydrogen) atoms. The normalized spacial score (nSPS) is 14.7. The van der Waals surface area contributed by atoms with E-state index in [4.69, 9.17) is 0 Å². The van der Waals surface area contributed by atoms with Crippen LogP contribution in [0.5, 0.6) is 0 Å². The Kier molecular flexibility index (Phi) is 4.33. The highest BCUT2D eigenvalue weighted by atomic mass is 16.1. The Morgan fingerprint density at radius 2 is 2.04 bits per heavy atom. The second-order valence-corrected chi connectivity index (χ2v) is 6.54. The number of aromatic nitrogens is 4. The third-order valence-electron chi connectivity index (χ3n) is 4.68. The number of hydrogen-bond donors (Lipinski definition) is 2. The number of hydrogen-bond acceptors (Lipinski definition) is 3. The van der Waals surface area contributed by atoms with Crippen molar-refractivity contribution in [1.82, 2.24) is 20.0 Å². The number of nitrogens with one attached hydrogen (secondary N) is 2. The maximum absolute atomic E-state index is 12.3. The molecule has 0 bridgehead atoms. The lowest BCUT2D eigenvalue weighted by Gasteiger charge is -2.03. The molecule has 2 heterocycles. The van der Waals surface area contributed by atoms with Crippen LogP contribution in [0.1, 0.15) is 42.9 Å². The zero-order chi connectivity index (χ0) is 17.1. The first-order chi connectivity index (χ1) is 12.3. The van der Waals surface area contributed by atoms with Crippen LogP contribution >= 0.6 is 0 Å². The van der Waals surface area contributed by atoms with E-state index < -0.39 is 0 Å². The first kappa shape index (κ1) is 15.6. The van der Waals surface area contributed by atoms with Gasteiger partial charge in [-0.05, 0) is 30.5 Å². The van der Waals surface area contributed by atoms with Crippen LogP contribution in [0.15, 0.2) is 48.8 Å². The Labute approximate surface area is 146 Å². The lowest BCUT2D eigenvalue weighted by atomic mass is 10.0. The van der Waals surface area contributed by atoms with Crippen LogP contribution in [0.4, 0.5) is 5.82 Å². The Balaban J connectivity index is 1.37. The van der Waals surface area contributed by atoms with Gasteiger partial charge in [0.25, 0.3) is 0 Å². The van der Waals surface area contributed by atoms with Crippen molar-refractivity contribution >= 4 is 11.7 Å². The molecule has 0 radical (unpaired) electrons. The molecular formula is C19H21N5O. The predicted octanol–water partition coefficient (Wildman–Crippen LogP) is 3.43. The number of nitrogens with zero attached hydrogens (tertiary/aromatic N) is 3. The number of benzene rings is 1. The van der Waals surface area contributed by atoms with Gasteiger partial charge < -0.3 is 5.32 Å². The van der Waals surface area contributed by atoms with E-state index >= 15 is 0 Å². The van der Waals surface area contributed by atoms with Gasteiger partial charge in [0.1, 0.15) is 0 Å². The number of rotatable bonds is 5. The molecule has 3 aromatic rings. The summed E-state index contributed by atoms with van der Waals surface area (Å²) in [6.45, 7) is 0. The first-order valence-corrected chi connectivity index (χ1v) is 8.72. The average molecular weight is 335 g/mol. The minimum absolute atomic E-state index is 0.0860. The summed E-state index contributed by atoms with van der Waals surface area (Å²) >= 11 is 0. The lowest BCUT2D eigenvalue weighted by molar-refractivity contribution is -0.115. The van der Waals surface area contributed by atoms with Crippen molar-refractivity contribution in [3.05, 3.63) is 60.0 Å². The molecule has 0 unspecified atom stereocenters. The van der Waals surface area contributed by atoms with Crippen molar-refractivity contribution in [2.24, 2.45) is 0 Å². The fourth-order valence-electron chi connectivity index (χ4n) is 3.39. The third-order valence-corrected chi connectivity index (χ3v) is 4.68. The first-order valence-electron chi connectivity index (χ1n) is 8.72. The molecule has 128 valence electrons. The van der Waals surface area contributed by atoms with Gasteiger partial charge in [0.15, 0.2) is 5.82 Å². The molecule has 1 aromatic carbocycles. The Bertz CT molecular complexity index is 846. The van der Waals surface area contributed by atoms with E-state index in [1.54, 1.807) is 10.9 Å². The van der Waals surface area contributed by atoms with Crippen molar-refractivity contribution < 1.29 is 4.79 Å². The van der Waals surface area contributed by atoms with Crippen LogP contribution in [0.2, 0.25) is 0 Å². The molecule has 0 spiro atoms. The van der Waals surface area contributed by atoms with Crippen molar-refractivity contribution in [3.8, 4) is 5.69 Å². The quantitative estimate of drug-likeness (QED) is 0.750. The van der Waals surface area contributed by atoms with Crippen LogP contribution in [-0.2, 0) is 11.2 Å². The highest BCUT2D eigenvalue weighted by Gasteiger charge is 2.19. The molecule has 2 aromatic heterocycles. The maximum atomic E-state index is 12.3. The van der Waals surface area contributed by atoms with E-state index in [-0.39, 0.29) is 12.3 Å². The Morgan fingerprint density at radius 1 is 1.24 bits per heavy atom. The highest BCUT2D eigenvalue weighted by molar-refractivity contribution is 5.91. The zero-order valence-corrected chi connectivity index (χ0v) is 14.0. The summed E-state index contributed by atoms with van der Waals surface area (Å²) in [6, 6.07) is 11.8. The lowest BCUT2D eigenvalue weighted by Crippen LogP contribution is -2.14. The van der Waals surface area contributed by atoms with Crippen LogP contribution < -0.4 is 5.32 Å². The summed E-state index contributed by atoms with van der Waals surface area (Å²) in [5, 5.41) is 14.5. The fraction of sp³-hybridized carbons (Fsp3) is 0.316. The number of H-pyrrole nitrogens is 1. The van der Waals surface area contributed by atoms with Crippen LogP contribution in [0.3, 0.4) is 0 Å². The van der Waals surface area contributed by atoms with Gasteiger partial charge in [0.2, 0.25) is 5.91 Å². The topological polar surface area (TPSA) is 75.6 Å². The van der Waals surface area contributed by atoms with Gasteiger partial charge in [-0.2, -0.15) is 10.2 Å². The highest BCUT2D eigenvalue weighted by Crippen LogP contribution is 2.33. The number of carbonyl (C=O) groups is 1. The molecule has 1 saturated carbocycles. The molecule has 1 fully saturated rings. The summed E-state index contributed by atoms with van der Waals surface area (Å²) in [5.41, 5.74) is 2.97.